The molecule has 13 heavy (non-hydrogen) atoms. The summed E-state index contributed by atoms with van der Waals surface area (Å²) in [5, 5.41) is 3.47. The Labute approximate surface area is 83.7 Å². The second-order valence-corrected chi connectivity index (χ2v) is 4.96. The molecule has 0 amide bonds. The minimum Gasteiger partial charge on any atom is -0.315 e. The molecule has 80 valence electrons. The third-order valence-electron chi connectivity index (χ3n) is 2.26. The average molecular weight is 186 g/mol. The standard InChI is InChI=1S/C11H26N2/c1-6-13(5)10-9-12-8-7-11(2,3)4/h12H,6-10H2,1-5H3. The SMILES string of the molecule is CCN(C)CCNCCC(C)(C)C. The van der Waals surface area contributed by atoms with Gasteiger partial charge in [0.1, 0.15) is 0 Å². The summed E-state index contributed by atoms with van der Waals surface area (Å²) in [6.45, 7) is 13.6. The summed E-state index contributed by atoms with van der Waals surface area (Å²) in [5.74, 6) is 0. The summed E-state index contributed by atoms with van der Waals surface area (Å²) in [6, 6.07) is 0. The summed E-state index contributed by atoms with van der Waals surface area (Å²) in [5.41, 5.74) is 0.462. The van der Waals surface area contributed by atoms with Crippen molar-refractivity contribution in [2.75, 3.05) is 33.2 Å². The van der Waals surface area contributed by atoms with Crippen molar-refractivity contribution < 1.29 is 0 Å². The van der Waals surface area contributed by atoms with Gasteiger partial charge in [-0.3, -0.25) is 0 Å². The maximum atomic E-state index is 3.47. The second-order valence-electron chi connectivity index (χ2n) is 4.96. The van der Waals surface area contributed by atoms with Gasteiger partial charge in [-0.1, -0.05) is 27.7 Å². The van der Waals surface area contributed by atoms with Crippen LogP contribution in [0.15, 0.2) is 0 Å². The molecular formula is C11H26N2. The molecule has 0 heterocycles. The van der Waals surface area contributed by atoms with Crippen LogP contribution in [0, 0.1) is 5.41 Å². The molecule has 0 aliphatic rings. The van der Waals surface area contributed by atoms with E-state index in [1.54, 1.807) is 0 Å². The third-order valence-corrected chi connectivity index (χ3v) is 2.26. The first-order chi connectivity index (χ1) is 5.95. The van der Waals surface area contributed by atoms with Crippen LogP contribution in [0.4, 0.5) is 0 Å². The predicted octanol–water partition coefficient (Wildman–Crippen LogP) is 1.96. The molecule has 0 bridgehead atoms. The Balaban J connectivity index is 3.18. The summed E-state index contributed by atoms with van der Waals surface area (Å²) >= 11 is 0. The number of hydrogen-bond acceptors (Lipinski definition) is 2. The van der Waals surface area contributed by atoms with Gasteiger partial charge in [0.15, 0.2) is 0 Å². The van der Waals surface area contributed by atoms with Crippen LogP contribution in [0.2, 0.25) is 0 Å². The van der Waals surface area contributed by atoms with Crippen LogP contribution in [-0.4, -0.2) is 38.1 Å². The van der Waals surface area contributed by atoms with E-state index in [1.807, 2.05) is 0 Å². The van der Waals surface area contributed by atoms with E-state index in [0.29, 0.717) is 5.41 Å². The van der Waals surface area contributed by atoms with Crippen LogP contribution in [0.25, 0.3) is 0 Å². The van der Waals surface area contributed by atoms with Gasteiger partial charge in [-0.25, -0.2) is 0 Å². The normalized spacial score (nSPS) is 12.5. The maximum absolute atomic E-state index is 3.47. The minimum atomic E-state index is 0.462. The van der Waals surface area contributed by atoms with E-state index in [4.69, 9.17) is 0 Å². The monoisotopic (exact) mass is 186 g/mol. The number of rotatable bonds is 6. The zero-order valence-electron chi connectivity index (χ0n) is 9.98. The van der Waals surface area contributed by atoms with Crippen LogP contribution in [0.5, 0.6) is 0 Å². The number of nitrogens with zero attached hydrogens (tertiary/aromatic N) is 1. The lowest BCUT2D eigenvalue weighted by Crippen LogP contribution is -2.30. The fraction of sp³-hybridized carbons (Fsp3) is 1.00. The number of hydrogen-bond donors (Lipinski definition) is 1. The number of nitrogens with one attached hydrogen (secondary N) is 1. The molecule has 0 aromatic rings. The molecule has 2 nitrogen and oxygen atoms in total. The first kappa shape index (κ1) is 12.9. The highest BCUT2D eigenvalue weighted by Crippen LogP contribution is 2.16. The van der Waals surface area contributed by atoms with Crippen LogP contribution < -0.4 is 5.32 Å². The molecule has 0 aromatic heterocycles. The summed E-state index contributed by atoms with van der Waals surface area (Å²) in [6.07, 6.45) is 1.25. The largest absolute Gasteiger partial charge is 0.315 e. The Hall–Kier alpha value is -0.0800. The molecule has 0 saturated heterocycles. The highest BCUT2D eigenvalue weighted by Gasteiger charge is 2.08. The topological polar surface area (TPSA) is 15.3 Å². The van der Waals surface area contributed by atoms with E-state index in [1.165, 1.54) is 6.42 Å². The summed E-state index contributed by atoms with van der Waals surface area (Å²) in [4.78, 5) is 2.32. The highest BCUT2D eigenvalue weighted by molar-refractivity contribution is 4.63. The Kier molecular flexibility index (Phi) is 6.35. The van der Waals surface area contributed by atoms with Gasteiger partial charge in [0.25, 0.3) is 0 Å². The molecule has 0 fully saturated rings. The zero-order valence-corrected chi connectivity index (χ0v) is 9.98. The second kappa shape index (κ2) is 6.39. The fourth-order valence-corrected chi connectivity index (χ4v) is 1.02. The van der Waals surface area contributed by atoms with Crippen molar-refractivity contribution in [1.82, 2.24) is 10.2 Å². The van der Waals surface area contributed by atoms with E-state index in [9.17, 15) is 0 Å². The van der Waals surface area contributed by atoms with Crippen molar-refractivity contribution in [2.24, 2.45) is 5.41 Å². The average Bonchev–Trinajstić information content (AvgIpc) is 2.01. The minimum absolute atomic E-state index is 0.462. The van der Waals surface area contributed by atoms with Crippen molar-refractivity contribution in [1.29, 1.82) is 0 Å². The Morgan fingerprint density at radius 3 is 2.23 bits per heavy atom. The summed E-state index contributed by atoms with van der Waals surface area (Å²) < 4.78 is 0. The van der Waals surface area contributed by atoms with Crippen molar-refractivity contribution >= 4 is 0 Å². The van der Waals surface area contributed by atoms with E-state index in [0.717, 1.165) is 26.2 Å². The van der Waals surface area contributed by atoms with Crippen molar-refractivity contribution in [3.05, 3.63) is 0 Å². The third kappa shape index (κ3) is 9.84. The molecule has 0 rings (SSSR count). The fourth-order valence-electron chi connectivity index (χ4n) is 1.02. The van der Waals surface area contributed by atoms with E-state index < -0.39 is 0 Å². The van der Waals surface area contributed by atoms with Crippen molar-refractivity contribution in [3.63, 3.8) is 0 Å². The molecule has 0 aliphatic heterocycles. The highest BCUT2D eigenvalue weighted by atomic mass is 15.1. The molecule has 0 aliphatic carbocycles. The van der Waals surface area contributed by atoms with Crippen molar-refractivity contribution in [3.8, 4) is 0 Å². The van der Waals surface area contributed by atoms with Gasteiger partial charge >= 0.3 is 0 Å². The molecule has 0 aromatic carbocycles. The maximum Gasteiger partial charge on any atom is 0.0104 e. The molecule has 0 spiro atoms. The van der Waals surface area contributed by atoms with Gasteiger partial charge in [0.05, 0.1) is 0 Å². The van der Waals surface area contributed by atoms with E-state index in [-0.39, 0.29) is 0 Å². The van der Waals surface area contributed by atoms with Gasteiger partial charge in [-0.05, 0) is 32.0 Å². The zero-order chi connectivity index (χ0) is 10.3. The predicted molar refractivity (Wildman–Crippen MR) is 60.1 cm³/mol. The van der Waals surface area contributed by atoms with Crippen LogP contribution >= 0.6 is 0 Å². The molecule has 1 N–H and O–H groups in total. The van der Waals surface area contributed by atoms with Gasteiger partial charge in [-0.2, -0.15) is 0 Å². The molecule has 0 saturated carbocycles. The molecular weight excluding hydrogens is 160 g/mol. The van der Waals surface area contributed by atoms with E-state index in [2.05, 4.69) is 45.0 Å². The summed E-state index contributed by atoms with van der Waals surface area (Å²) in [7, 11) is 2.16. The smallest absolute Gasteiger partial charge is 0.0104 e. The lowest BCUT2D eigenvalue weighted by Gasteiger charge is -2.19. The Morgan fingerprint density at radius 2 is 1.77 bits per heavy atom. The van der Waals surface area contributed by atoms with E-state index >= 15 is 0 Å². The molecule has 2 heteroatoms. The van der Waals surface area contributed by atoms with Crippen LogP contribution in [0.3, 0.4) is 0 Å². The first-order valence-electron chi connectivity index (χ1n) is 5.35. The molecule has 0 radical (unpaired) electrons. The van der Waals surface area contributed by atoms with Gasteiger partial charge in [-0.15, -0.1) is 0 Å². The van der Waals surface area contributed by atoms with Gasteiger partial charge in [0.2, 0.25) is 0 Å². The first-order valence-corrected chi connectivity index (χ1v) is 5.35. The van der Waals surface area contributed by atoms with Crippen LogP contribution in [0.1, 0.15) is 34.1 Å². The van der Waals surface area contributed by atoms with Gasteiger partial charge in [0, 0.05) is 13.1 Å². The number of likely N-dealkylation sites (N-methyl/N-ethyl adjacent to an activating group) is 1. The Morgan fingerprint density at radius 1 is 1.15 bits per heavy atom. The lowest BCUT2D eigenvalue weighted by atomic mass is 9.92. The van der Waals surface area contributed by atoms with Crippen molar-refractivity contribution in [2.45, 2.75) is 34.1 Å². The lowest BCUT2D eigenvalue weighted by molar-refractivity contribution is 0.332. The Bertz CT molecular complexity index is 116. The molecule has 0 unspecified atom stereocenters. The quantitative estimate of drug-likeness (QED) is 0.638. The van der Waals surface area contributed by atoms with Gasteiger partial charge < -0.3 is 10.2 Å². The molecule has 0 atom stereocenters. The van der Waals surface area contributed by atoms with Crippen LogP contribution in [-0.2, 0) is 0 Å².